The summed E-state index contributed by atoms with van der Waals surface area (Å²) in [5.41, 5.74) is 10.1. The highest BCUT2D eigenvalue weighted by Crippen LogP contribution is 2.27. The number of thioether (sulfide) groups is 1. The van der Waals surface area contributed by atoms with Crippen molar-refractivity contribution in [3.63, 3.8) is 0 Å². The second-order valence-corrected chi connectivity index (χ2v) is 6.30. The fourth-order valence-electron chi connectivity index (χ4n) is 2.20. The molecule has 2 rings (SSSR count). The second kappa shape index (κ2) is 8.53. The predicted octanol–water partition coefficient (Wildman–Crippen LogP) is 4.54. The van der Waals surface area contributed by atoms with Crippen LogP contribution in [-0.2, 0) is 5.75 Å². The number of benzene rings is 2. The third kappa shape index (κ3) is 4.96. The van der Waals surface area contributed by atoms with E-state index in [1.165, 1.54) is 0 Å². The van der Waals surface area contributed by atoms with Gasteiger partial charge < -0.3 is 15.2 Å². The molecule has 2 aromatic carbocycles. The Hall–Kier alpha value is -2.07. The van der Waals surface area contributed by atoms with Gasteiger partial charge in [-0.1, -0.05) is 24.8 Å². The van der Waals surface area contributed by atoms with Gasteiger partial charge in [0.25, 0.3) is 0 Å². The standard InChI is InChI=1S/C19H23NO2S/c1-4-15-5-7-17(8-6-15)22-9-10-23-13-16-12-19(21-3)14(2)11-18(16)20/h4-8,11-12H,1,9-10,13,20H2,2-3H3. The van der Waals surface area contributed by atoms with Gasteiger partial charge in [-0.25, -0.2) is 0 Å². The lowest BCUT2D eigenvalue weighted by Gasteiger charge is -2.11. The number of hydrogen-bond donors (Lipinski definition) is 1. The molecule has 2 N–H and O–H groups in total. The molecular weight excluding hydrogens is 306 g/mol. The van der Waals surface area contributed by atoms with E-state index in [9.17, 15) is 0 Å². The van der Waals surface area contributed by atoms with Crippen LogP contribution in [0.1, 0.15) is 16.7 Å². The Balaban J connectivity index is 1.78. The summed E-state index contributed by atoms with van der Waals surface area (Å²) < 4.78 is 11.1. The number of nitrogen functional groups attached to an aromatic ring is 1. The van der Waals surface area contributed by atoms with Gasteiger partial charge in [-0.2, -0.15) is 11.8 Å². The maximum absolute atomic E-state index is 6.07. The number of methoxy groups -OCH3 is 1. The summed E-state index contributed by atoms with van der Waals surface area (Å²) in [6.45, 7) is 6.40. The molecule has 0 radical (unpaired) electrons. The lowest BCUT2D eigenvalue weighted by molar-refractivity contribution is 0.344. The van der Waals surface area contributed by atoms with E-state index in [2.05, 4.69) is 6.58 Å². The molecule has 0 aromatic heterocycles. The van der Waals surface area contributed by atoms with Crippen molar-refractivity contribution in [1.29, 1.82) is 0 Å². The minimum atomic E-state index is 0.668. The minimum Gasteiger partial charge on any atom is -0.496 e. The first-order valence-corrected chi connectivity index (χ1v) is 8.65. The van der Waals surface area contributed by atoms with Crippen LogP contribution >= 0.6 is 11.8 Å². The summed E-state index contributed by atoms with van der Waals surface area (Å²) in [4.78, 5) is 0. The Bertz CT molecular complexity index is 653. The Kier molecular flexibility index (Phi) is 6.41. The molecule has 122 valence electrons. The Morgan fingerprint density at radius 1 is 1.22 bits per heavy atom. The maximum Gasteiger partial charge on any atom is 0.122 e. The molecule has 0 amide bonds. The van der Waals surface area contributed by atoms with E-state index in [1.807, 2.05) is 49.4 Å². The van der Waals surface area contributed by atoms with Gasteiger partial charge in [-0.15, -0.1) is 0 Å². The number of rotatable bonds is 8. The molecule has 0 aliphatic heterocycles. The SMILES string of the molecule is C=Cc1ccc(OCCSCc2cc(OC)c(C)cc2N)cc1. The number of nitrogens with two attached hydrogens (primary N) is 1. The summed E-state index contributed by atoms with van der Waals surface area (Å²) in [6, 6.07) is 11.9. The lowest BCUT2D eigenvalue weighted by atomic mass is 10.1. The first-order chi connectivity index (χ1) is 11.1. The average molecular weight is 329 g/mol. The molecular formula is C19H23NO2S. The molecule has 0 saturated carbocycles. The highest BCUT2D eigenvalue weighted by Gasteiger charge is 2.06. The van der Waals surface area contributed by atoms with E-state index >= 15 is 0 Å². The minimum absolute atomic E-state index is 0.668. The summed E-state index contributed by atoms with van der Waals surface area (Å²) in [6.07, 6.45) is 1.82. The first-order valence-electron chi connectivity index (χ1n) is 7.50. The fraction of sp³-hybridized carbons (Fsp3) is 0.263. The van der Waals surface area contributed by atoms with Gasteiger partial charge in [0, 0.05) is 17.2 Å². The van der Waals surface area contributed by atoms with Crippen LogP contribution in [-0.4, -0.2) is 19.5 Å². The van der Waals surface area contributed by atoms with E-state index in [0.29, 0.717) is 6.61 Å². The van der Waals surface area contributed by atoms with E-state index in [-0.39, 0.29) is 0 Å². The topological polar surface area (TPSA) is 44.5 Å². The Morgan fingerprint density at radius 2 is 1.96 bits per heavy atom. The lowest BCUT2D eigenvalue weighted by Crippen LogP contribution is -2.01. The first kappa shape index (κ1) is 17.3. The van der Waals surface area contributed by atoms with Crippen LogP contribution in [0.4, 0.5) is 5.69 Å². The monoisotopic (exact) mass is 329 g/mol. The summed E-state index contributed by atoms with van der Waals surface area (Å²) in [5, 5.41) is 0. The molecule has 0 atom stereocenters. The molecule has 0 bridgehead atoms. The van der Waals surface area contributed by atoms with Crippen LogP contribution in [0, 0.1) is 6.92 Å². The molecule has 23 heavy (non-hydrogen) atoms. The maximum atomic E-state index is 6.07. The van der Waals surface area contributed by atoms with Crippen LogP contribution in [0.2, 0.25) is 0 Å². The van der Waals surface area contributed by atoms with Gasteiger partial charge in [0.1, 0.15) is 11.5 Å². The smallest absolute Gasteiger partial charge is 0.122 e. The average Bonchev–Trinajstić information content (AvgIpc) is 2.57. The van der Waals surface area contributed by atoms with E-state index in [1.54, 1.807) is 18.9 Å². The highest BCUT2D eigenvalue weighted by molar-refractivity contribution is 7.98. The van der Waals surface area contributed by atoms with Gasteiger partial charge in [0.15, 0.2) is 0 Å². The third-order valence-corrected chi connectivity index (χ3v) is 4.50. The number of anilines is 1. The van der Waals surface area contributed by atoms with Crippen molar-refractivity contribution < 1.29 is 9.47 Å². The number of aryl methyl sites for hydroxylation is 1. The van der Waals surface area contributed by atoms with E-state index in [4.69, 9.17) is 15.2 Å². The zero-order valence-electron chi connectivity index (χ0n) is 13.7. The molecule has 0 spiro atoms. The number of ether oxygens (including phenoxy) is 2. The van der Waals surface area contributed by atoms with Crippen molar-refractivity contribution in [2.75, 3.05) is 25.2 Å². The summed E-state index contributed by atoms with van der Waals surface area (Å²) in [5.74, 6) is 3.51. The van der Waals surface area contributed by atoms with Crippen LogP contribution in [0.5, 0.6) is 11.5 Å². The van der Waals surface area contributed by atoms with Crippen LogP contribution in [0.15, 0.2) is 43.0 Å². The van der Waals surface area contributed by atoms with Crippen molar-refractivity contribution >= 4 is 23.5 Å². The van der Waals surface area contributed by atoms with Crippen LogP contribution in [0.25, 0.3) is 6.08 Å². The number of hydrogen-bond acceptors (Lipinski definition) is 4. The van der Waals surface area contributed by atoms with Gasteiger partial charge in [0.05, 0.1) is 13.7 Å². The van der Waals surface area contributed by atoms with Crippen molar-refractivity contribution in [3.05, 3.63) is 59.7 Å². The molecule has 2 aromatic rings. The van der Waals surface area contributed by atoms with Crippen molar-refractivity contribution in [1.82, 2.24) is 0 Å². The molecule has 0 aliphatic carbocycles. The highest BCUT2D eigenvalue weighted by atomic mass is 32.2. The molecule has 4 heteroatoms. The van der Waals surface area contributed by atoms with Crippen molar-refractivity contribution in [2.45, 2.75) is 12.7 Å². The predicted molar refractivity (Wildman–Crippen MR) is 100 cm³/mol. The van der Waals surface area contributed by atoms with Crippen LogP contribution < -0.4 is 15.2 Å². The quantitative estimate of drug-likeness (QED) is 0.570. The van der Waals surface area contributed by atoms with Gasteiger partial charge in [0.2, 0.25) is 0 Å². The second-order valence-electron chi connectivity index (χ2n) is 5.19. The summed E-state index contributed by atoms with van der Waals surface area (Å²) in [7, 11) is 1.68. The fourth-order valence-corrected chi connectivity index (χ4v) is 3.01. The molecule has 0 aliphatic rings. The van der Waals surface area contributed by atoms with Crippen molar-refractivity contribution in [3.8, 4) is 11.5 Å². The Labute approximate surface area is 142 Å². The van der Waals surface area contributed by atoms with E-state index < -0.39 is 0 Å². The molecule has 0 fully saturated rings. The van der Waals surface area contributed by atoms with E-state index in [0.717, 1.165) is 45.4 Å². The van der Waals surface area contributed by atoms with Gasteiger partial charge in [-0.05, 0) is 47.9 Å². The zero-order chi connectivity index (χ0) is 16.7. The Morgan fingerprint density at radius 3 is 2.61 bits per heavy atom. The molecule has 0 saturated heterocycles. The van der Waals surface area contributed by atoms with Gasteiger partial charge >= 0.3 is 0 Å². The summed E-state index contributed by atoms with van der Waals surface area (Å²) >= 11 is 1.80. The van der Waals surface area contributed by atoms with Crippen molar-refractivity contribution in [2.24, 2.45) is 0 Å². The zero-order valence-corrected chi connectivity index (χ0v) is 14.5. The van der Waals surface area contributed by atoms with Crippen LogP contribution in [0.3, 0.4) is 0 Å². The normalized spacial score (nSPS) is 10.3. The third-order valence-electron chi connectivity index (χ3n) is 3.53. The largest absolute Gasteiger partial charge is 0.496 e. The van der Waals surface area contributed by atoms with Gasteiger partial charge in [-0.3, -0.25) is 0 Å². The molecule has 0 heterocycles. The molecule has 0 unspecified atom stereocenters. The molecule has 3 nitrogen and oxygen atoms in total.